The summed E-state index contributed by atoms with van der Waals surface area (Å²) in [5.74, 6) is 0. The highest BCUT2D eigenvalue weighted by Crippen LogP contribution is 2.17. The van der Waals surface area contributed by atoms with Crippen LogP contribution in [0, 0.1) is 0 Å². The molecule has 0 saturated carbocycles. The predicted molar refractivity (Wildman–Crippen MR) is 65.2 cm³/mol. The SMILES string of the molecule is C=C(CC)/C(=C\C(=C/C)CC)N(C)C. The van der Waals surface area contributed by atoms with Crippen molar-refractivity contribution in [3.63, 3.8) is 0 Å². The van der Waals surface area contributed by atoms with Crippen LogP contribution in [0.4, 0.5) is 0 Å². The molecule has 0 aromatic carbocycles. The van der Waals surface area contributed by atoms with Crippen LogP contribution in [0.2, 0.25) is 0 Å². The van der Waals surface area contributed by atoms with Crippen LogP contribution in [0.1, 0.15) is 33.6 Å². The van der Waals surface area contributed by atoms with Crippen molar-refractivity contribution in [2.45, 2.75) is 33.6 Å². The smallest absolute Gasteiger partial charge is 0.0390 e. The van der Waals surface area contributed by atoms with Gasteiger partial charge in [0.25, 0.3) is 0 Å². The van der Waals surface area contributed by atoms with Crippen molar-refractivity contribution in [3.05, 3.63) is 35.6 Å². The maximum atomic E-state index is 4.08. The first-order chi connectivity index (χ1) is 6.56. The summed E-state index contributed by atoms with van der Waals surface area (Å²) in [5.41, 5.74) is 3.80. The van der Waals surface area contributed by atoms with E-state index in [1.54, 1.807) is 0 Å². The molecule has 0 amide bonds. The molecule has 0 unspecified atom stereocenters. The zero-order valence-electron chi connectivity index (χ0n) is 10.2. The number of likely N-dealkylation sites (N-methyl/N-ethyl adjacent to an activating group) is 1. The molecule has 0 radical (unpaired) electrons. The maximum absolute atomic E-state index is 4.08. The van der Waals surface area contributed by atoms with E-state index in [1.165, 1.54) is 16.8 Å². The lowest BCUT2D eigenvalue weighted by Gasteiger charge is -2.19. The molecule has 0 aromatic heterocycles. The van der Waals surface area contributed by atoms with Crippen LogP contribution in [-0.4, -0.2) is 19.0 Å². The molecule has 80 valence electrons. The molecule has 14 heavy (non-hydrogen) atoms. The fourth-order valence-corrected chi connectivity index (χ4v) is 1.29. The molecule has 0 saturated heterocycles. The van der Waals surface area contributed by atoms with Crippen molar-refractivity contribution < 1.29 is 0 Å². The van der Waals surface area contributed by atoms with Crippen molar-refractivity contribution in [2.75, 3.05) is 14.1 Å². The largest absolute Gasteiger partial charge is 0.377 e. The Hall–Kier alpha value is -0.980. The topological polar surface area (TPSA) is 3.24 Å². The Bertz CT molecular complexity index is 244. The molecule has 0 aliphatic heterocycles. The second-order valence-corrected chi connectivity index (χ2v) is 3.60. The van der Waals surface area contributed by atoms with E-state index < -0.39 is 0 Å². The second kappa shape index (κ2) is 6.47. The minimum atomic E-state index is 1.00. The van der Waals surface area contributed by atoms with E-state index in [-0.39, 0.29) is 0 Å². The van der Waals surface area contributed by atoms with Crippen LogP contribution in [0.25, 0.3) is 0 Å². The molecule has 1 heteroatoms. The van der Waals surface area contributed by atoms with E-state index in [4.69, 9.17) is 0 Å². The molecule has 0 heterocycles. The fourth-order valence-electron chi connectivity index (χ4n) is 1.29. The van der Waals surface area contributed by atoms with Crippen LogP contribution < -0.4 is 0 Å². The van der Waals surface area contributed by atoms with E-state index in [1.807, 2.05) is 0 Å². The minimum absolute atomic E-state index is 1.00. The quantitative estimate of drug-likeness (QED) is 0.601. The van der Waals surface area contributed by atoms with Gasteiger partial charge in [0.15, 0.2) is 0 Å². The van der Waals surface area contributed by atoms with Gasteiger partial charge in [-0.05, 0) is 31.4 Å². The maximum Gasteiger partial charge on any atom is 0.0390 e. The Morgan fingerprint density at radius 3 is 2.07 bits per heavy atom. The van der Waals surface area contributed by atoms with Gasteiger partial charge < -0.3 is 4.90 Å². The van der Waals surface area contributed by atoms with Crippen LogP contribution in [0.3, 0.4) is 0 Å². The normalized spacial score (nSPS) is 12.9. The van der Waals surface area contributed by atoms with E-state index in [2.05, 4.69) is 58.5 Å². The lowest BCUT2D eigenvalue weighted by Crippen LogP contribution is -2.12. The average molecular weight is 193 g/mol. The van der Waals surface area contributed by atoms with Gasteiger partial charge in [-0.2, -0.15) is 0 Å². The van der Waals surface area contributed by atoms with Gasteiger partial charge in [-0.15, -0.1) is 0 Å². The first-order valence-electron chi connectivity index (χ1n) is 5.29. The lowest BCUT2D eigenvalue weighted by atomic mass is 10.1. The van der Waals surface area contributed by atoms with Gasteiger partial charge in [0.2, 0.25) is 0 Å². The number of hydrogen-bond acceptors (Lipinski definition) is 1. The molecule has 0 aliphatic rings. The molecule has 0 aromatic rings. The Morgan fingerprint density at radius 1 is 1.21 bits per heavy atom. The van der Waals surface area contributed by atoms with E-state index in [0.717, 1.165) is 12.8 Å². The third-order valence-corrected chi connectivity index (χ3v) is 2.37. The van der Waals surface area contributed by atoms with Gasteiger partial charge >= 0.3 is 0 Å². The standard InChI is InChI=1S/C13H23N/c1-7-11(4)13(14(5)6)10-12(8-2)9-3/h8,10H,4,7,9H2,1-3,5-6H3/b12-8-,13-10+. The van der Waals surface area contributed by atoms with E-state index in [9.17, 15) is 0 Å². The first-order valence-corrected chi connectivity index (χ1v) is 5.29. The van der Waals surface area contributed by atoms with Gasteiger partial charge in [0.1, 0.15) is 0 Å². The molecule has 1 nitrogen and oxygen atoms in total. The zero-order valence-corrected chi connectivity index (χ0v) is 10.2. The van der Waals surface area contributed by atoms with Gasteiger partial charge in [0.05, 0.1) is 0 Å². The van der Waals surface area contributed by atoms with Crippen LogP contribution in [-0.2, 0) is 0 Å². The van der Waals surface area contributed by atoms with Gasteiger partial charge in [0, 0.05) is 19.8 Å². The first kappa shape index (κ1) is 13.0. The van der Waals surface area contributed by atoms with Crippen molar-refractivity contribution in [2.24, 2.45) is 0 Å². The lowest BCUT2D eigenvalue weighted by molar-refractivity contribution is 0.517. The van der Waals surface area contributed by atoms with E-state index in [0.29, 0.717) is 0 Å². The monoisotopic (exact) mass is 193 g/mol. The van der Waals surface area contributed by atoms with E-state index >= 15 is 0 Å². The summed E-state index contributed by atoms with van der Waals surface area (Å²) in [7, 11) is 4.13. The molecular weight excluding hydrogens is 170 g/mol. The number of nitrogens with zero attached hydrogens (tertiary/aromatic N) is 1. The highest BCUT2D eigenvalue weighted by Gasteiger charge is 2.03. The summed E-state index contributed by atoms with van der Waals surface area (Å²) in [5, 5.41) is 0. The molecule has 0 bridgehead atoms. The van der Waals surface area contributed by atoms with Crippen molar-refractivity contribution in [1.82, 2.24) is 4.90 Å². The Balaban J connectivity index is 4.90. The summed E-state index contributed by atoms with van der Waals surface area (Å²) in [4.78, 5) is 2.13. The van der Waals surface area contributed by atoms with Crippen molar-refractivity contribution in [3.8, 4) is 0 Å². The van der Waals surface area contributed by atoms with Crippen LogP contribution >= 0.6 is 0 Å². The van der Waals surface area contributed by atoms with Crippen LogP contribution in [0.15, 0.2) is 35.6 Å². The summed E-state index contributed by atoms with van der Waals surface area (Å²) in [6, 6.07) is 0. The minimum Gasteiger partial charge on any atom is -0.377 e. The molecule has 0 fully saturated rings. The summed E-state index contributed by atoms with van der Waals surface area (Å²) in [6.07, 6.45) is 6.47. The molecule has 0 rings (SSSR count). The molecule has 0 aliphatic carbocycles. The second-order valence-electron chi connectivity index (χ2n) is 3.60. The average Bonchev–Trinajstić information content (AvgIpc) is 2.18. The predicted octanol–water partition coefficient (Wildman–Crippen LogP) is 3.75. The summed E-state index contributed by atoms with van der Waals surface area (Å²) < 4.78 is 0. The van der Waals surface area contributed by atoms with Gasteiger partial charge in [-0.3, -0.25) is 0 Å². The molecule has 0 spiro atoms. The molecular formula is C13H23N. The van der Waals surface area contributed by atoms with Crippen LogP contribution in [0.5, 0.6) is 0 Å². The third kappa shape index (κ3) is 3.82. The van der Waals surface area contributed by atoms with Gasteiger partial charge in [-0.1, -0.05) is 32.1 Å². The van der Waals surface area contributed by atoms with Crippen molar-refractivity contribution in [1.29, 1.82) is 0 Å². The fraction of sp³-hybridized carbons (Fsp3) is 0.538. The summed E-state index contributed by atoms with van der Waals surface area (Å²) >= 11 is 0. The Labute approximate surface area is 88.8 Å². The summed E-state index contributed by atoms with van der Waals surface area (Å²) in [6.45, 7) is 10.5. The van der Waals surface area contributed by atoms with Crippen molar-refractivity contribution >= 4 is 0 Å². The molecule has 0 atom stereocenters. The Kier molecular flexibility index (Phi) is 6.02. The number of allylic oxidation sites excluding steroid dienone is 4. The molecule has 0 N–H and O–H groups in total. The third-order valence-electron chi connectivity index (χ3n) is 2.37. The number of hydrogen-bond donors (Lipinski definition) is 0. The Morgan fingerprint density at radius 2 is 1.79 bits per heavy atom. The zero-order chi connectivity index (χ0) is 11.1. The van der Waals surface area contributed by atoms with Gasteiger partial charge in [-0.25, -0.2) is 0 Å². The highest BCUT2D eigenvalue weighted by molar-refractivity contribution is 5.34. The number of rotatable bonds is 5. The highest BCUT2D eigenvalue weighted by atomic mass is 15.1.